The molecule has 0 radical (unpaired) electrons. The molecule has 2 N–H and O–H groups in total. The SMILES string of the molecule is CC(C)(C)[S+]([O-])NC1CCOc2nc(O[P+](=O)O)ccc21. The molecular weight excluding hydrogens is 315 g/mol. The van der Waals surface area contributed by atoms with Gasteiger partial charge < -0.3 is 9.29 Å². The average molecular weight is 333 g/mol. The van der Waals surface area contributed by atoms with Crippen LogP contribution in [0.3, 0.4) is 0 Å². The Bertz CT molecular complexity index is 537. The van der Waals surface area contributed by atoms with E-state index in [0.717, 1.165) is 5.56 Å². The number of fused-ring (bicyclic) bond motifs is 1. The minimum absolute atomic E-state index is 0.0231. The number of pyridine rings is 1. The molecule has 7 nitrogen and oxygen atoms in total. The molecule has 21 heavy (non-hydrogen) atoms. The first-order chi connectivity index (χ1) is 9.77. The second kappa shape index (κ2) is 6.46. The number of nitrogens with one attached hydrogen (secondary N) is 1. The Balaban J connectivity index is 2.18. The first-order valence-corrected chi connectivity index (χ1v) is 8.71. The summed E-state index contributed by atoms with van der Waals surface area (Å²) >= 11 is -1.21. The van der Waals surface area contributed by atoms with Crippen LogP contribution in [0, 0.1) is 0 Å². The molecule has 2 heterocycles. The van der Waals surface area contributed by atoms with Gasteiger partial charge in [-0.3, -0.25) is 0 Å². The van der Waals surface area contributed by atoms with E-state index in [0.29, 0.717) is 18.9 Å². The quantitative estimate of drug-likeness (QED) is 0.641. The summed E-state index contributed by atoms with van der Waals surface area (Å²) in [6.45, 7) is 6.10. The van der Waals surface area contributed by atoms with Gasteiger partial charge in [0.2, 0.25) is 5.88 Å². The summed E-state index contributed by atoms with van der Waals surface area (Å²) in [5.41, 5.74) is 0.763. The fraction of sp³-hybridized carbons (Fsp3) is 0.583. The van der Waals surface area contributed by atoms with Gasteiger partial charge >= 0.3 is 8.25 Å². The molecular formula is C12H18N2O5PS+. The van der Waals surface area contributed by atoms with Crippen LogP contribution in [-0.2, 0) is 15.9 Å². The lowest BCUT2D eigenvalue weighted by Gasteiger charge is -2.30. The third-order valence-corrected chi connectivity index (χ3v) is 4.82. The van der Waals surface area contributed by atoms with Gasteiger partial charge in [0, 0.05) is 34.0 Å². The van der Waals surface area contributed by atoms with E-state index in [-0.39, 0.29) is 16.7 Å². The van der Waals surface area contributed by atoms with E-state index in [4.69, 9.17) is 9.63 Å². The minimum Gasteiger partial charge on any atom is -0.598 e. The Morgan fingerprint density at radius 2 is 2.29 bits per heavy atom. The van der Waals surface area contributed by atoms with E-state index >= 15 is 0 Å². The molecule has 3 unspecified atom stereocenters. The van der Waals surface area contributed by atoms with Gasteiger partial charge in [-0.1, -0.05) is 0 Å². The van der Waals surface area contributed by atoms with Crippen molar-refractivity contribution < 1.29 is 23.3 Å². The van der Waals surface area contributed by atoms with Crippen LogP contribution in [0.4, 0.5) is 0 Å². The highest BCUT2D eigenvalue weighted by Gasteiger charge is 2.33. The molecule has 1 aliphatic rings. The summed E-state index contributed by atoms with van der Waals surface area (Å²) in [4.78, 5) is 12.8. The molecule has 0 aliphatic carbocycles. The van der Waals surface area contributed by atoms with Crippen molar-refractivity contribution in [2.75, 3.05) is 6.61 Å². The van der Waals surface area contributed by atoms with Crippen LogP contribution in [0.5, 0.6) is 11.8 Å². The van der Waals surface area contributed by atoms with Gasteiger partial charge in [-0.15, -0.1) is 9.62 Å². The monoisotopic (exact) mass is 333 g/mol. The molecule has 116 valence electrons. The maximum Gasteiger partial charge on any atom is 0.749 e. The summed E-state index contributed by atoms with van der Waals surface area (Å²) in [5, 5.41) is 0. The van der Waals surface area contributed by atoms with Crippen molar-refractivity contribution in [3.8, 4) is 11.8 Å². The van der Waals surface area contributed by atoms with Crippen LogP contribution in [-0.4, -0.2) is 25.8 Å². The molecule has 1 aliphatic heterocycles. The number of ether oxygens (including phenoxy) is 1. The van der Waals surface area contributed by atoms with Crippen LogP contribution in [0.2, 0.25) is 0 Å². The normalized spacial score (nSPS) is 20.2. The zero-order chi connectivity index (χ0) is 15.6. The topological polar surface area (TPSA) is 104 Å². The zero-order valence-corrected chi connectivity index (χ0v) is 13.7. The molecule has 0 aromatic carbocycles. The first kappa shape index (κ1) is 16.5. The highest BCUT2D eigenvalue weighted by Crippen LogP contribution is 2.34. The van der Waals surface area contributed by atoms with Crippen LogP contribution < -0.4 is 14.0 Å². The van der Waals surface area contributed by atoms with Gasteiger partial charge in [0.15, 0.2) is 0 Å². The molecule has 2 rings (SSSR count). The molecule has 1 aromatic rings. The molecule has 0 saturated carbocycles. The summed E-state index contributed by atoms with van der Waals surface area (Å²) < 4.78 is 35.6. The fourth-order valence-electron chi connectivity index (χ4n) is 1.80. The molecule has 9 heteroatoms. The van der Waals surface area contributed by atoms with Crippen LogP contribution >= 0.6 is 8.25 Å². The van der Waals surface area contributed by atoms with Gasteiger partial charge in [0.05, 0.1) is 12.6 Å². The smallest absolute Gasteiger partial charge is 0.598 e. The number of aromatic nitrogens is 1. The Kier molecular flexibility index (Phi) is 5.06. The molecule has 0 amide bonds. The third kappa shape index (κ3) is 4.28. The Labute approximate surface area is 127 Å². The van der Waals surface area contributed by atoms with Crippen molar-refractivity contribution in [1.82, 2.24) is 9.71 Å². The summed E-state index contributed by atoms with van der Waals surface area (Å²) in [6.07, 6.45) is 0.672. The first-order valence-electron chi connectivity index (χ1n) is 6.43. The fourth-order valence-corrected chi connectivity index (χ4v) is 2.92. The maximum atomic E-state index is 12.2. The molecule has 0 saturated heterocycles. The van der Waals surface area contributed by atoms with Crippen molar-refractivity contribution in [3.05, 3.63) is 17.7 Å². The van der Waals surface area contributed by atoms with E-state index in [1.807, 2.05) is 20.8 Å². The zero-order valence-electron chi connectivity index (χ0n) is 12.0. The van der Waals surface area contributed by atoms with Crippen LogP contribution in [0.15, 0.2) is 12.1 Å². The molecule has 3 atom stereocenters. The lowest BCUT2D eigenvalue weighted by Crippen LogP contribution is -2.42. The standard InChI is InChI=1S/C12H17N2O5PS/c1-12(2,3)21(17)14-9-6-7-18-11-8(9)4-5-10(13-11)19-20(15)16/h4-5,9,14H,6-7H2,1-3H3/p+1. The van der Waals surface area contributed by atoms with Crippen LogP contribution in [0.25, 0.3) is 0 Å². The highest BCUT2D eigenvalue weighted by atomic mass is 32.2. The number of hydrogen-bond acceptors (Lipinski definition) is 6. The van der Waals surface area contributed by atoms with E-state index in [2.05, 4.69) is 14.2 Å². The van der Waals surface area contributed by atoms with Crippen molar-refractivity contribution in [2.24, 2.45) is 0 Å². The summed E-state index contributed by atoms with van der Waals surface area (Å²) in [7, 11) is -2.76. The highest BCUT2D eigenvalue weighted by molar-refractivity contribution is 7.90. The Morgan fingerprint density at radius 1 is 1.57 bits per heavy atom. The molecule has 0 spiro atoms. The van der Waals surface area contributed by atoms with Crippen molar-refractivity contribution >= 4 is 19.6 Å². The molecule has 0 bridgehead atoms. The maximum absolute atomic E-state index is 12.2. The predicted molar refractivity (Wildman–Crippen MR) is 78.6 cm³/mol. The van der Waals surface area contributed by atoms with Gasteiger partial charge in [0.25, 0.3) is 5.88 Å². The predicted octanol–water partition coefficient (Wildman–Crippen LogP) is 1.99. The number of rotatable bonds is 4. The third-order valence-electron chi connectivity index (χ3n) is 2.86. The van der Waals surface area contributed by atoms with Gasteiger partial charge in [-0.25, -0.2) is 4.52 Å². The molecule has 1 aromatic heterocycles. The number of hydrogen-bond donors (Lipinski definition) is 2. The van der Waals surface area contributed by atoms with E-state index in [1.54, 1.807) is 6.07 Å². The Hall–Kier alpha value is -0.920. The van der Waals surface area contributed by atoms with Crippen LogP contribution in [0.1, 0.15) is 38.8 Å². The second-order valence-electron chi connectivity index (χ2n) is 5.56. The van der Waals surface area contributed by atoms with Gasteiger partial charge in [-0.2, -0.15) is 4.98 Å². The van der Waals surface area contributed by atoms with Gasteiger partial charge in [-0.05, 0) is 26.8 Å². The second-order valence-corrected chi connectivity index (χ2v) is 8.22. The van der Waals surface area contributed by atoms with E-state index in [1.165, 1.54) is 6.07 Å². The summed E-state index contributed by atoms with van der Waals surface area (Å²) in [6, 6.07) is 3.05. The molecule has 0 fully saturated rings. The summed E-state index contributed by atoms with van der Waals surface area (Å²) in [5.74, 6) is 0.356. The van der Waals surface area contributed by atoms with E-state index < -0.39 is 19.6 Å². The van der Waals surface area contributed by atoms with Gasteiger partial charge in [0.1, 0.15) is 4.75 Å². The lowest BCUT2D eigenvalue weighted by atomic mass is 10.0. The number of nitrogens with zero attached hydrogens (tertiary/aromatic N) is 1. The van der Waals surface area contributed by atoms with E-state index in [9.17, 15) is 9.12 Å². The average Bonchev–Trinajstić information content (AvgIpc) is 2.36. The Morgan fingerprint density at radius 3 is 2.90 bits per heavy atom. The van der Waals surface area contributed by atoms with Crippen molar-refractivity contribution in [1.29, 1.82) is 0 Å². The van der Waals surface area contributed by atoms with Crippen molar-refractivity contribution in [2.45, 2.75) is 38.0 Å². The largest absolute Gasteiger partial charge is 0.749 e. The lowest BCUT2D eigenvalue weighted by molar-refractivity contribution is 0.249. The minimum atomic E-state index is -2.76. The van der Waals surface area contributed by atoms with Crippen molar-refractivity contribution in [3.63, 3.8) is 0 Å².